The fourth-order valence-electron chi connectivity index (χ4n) is 2.35. The maximum atomic E-state index is 11.2. The van der Waals surface area contributed by atoms with Crippen LogP contribution in [0.3, 0.4) is 0 Å². The van der Waals surface area contributed by atoms with Gasteiger partial charge in [-0.05, 0) is 31.7 Å². The Morgan fingerprint density at radius 2 is 2.24 bits per heavy atom. The predicted octanol–water partition coefficient (Wildman–Crippen LogP) is 1.28. The van der Waals surface area contributed by atoms with Crippen LogP contribution in [0.1, 0.15) is 33.6 Å². The van der Waals surface area contributed by atoms with Gasteiger partial charge in [-0.2, -0.15) is 0 Å². The second-order valence-corrected chi connectivity index (χ2v) is 5.22. The van der Waals surface area contributed by atoms with Gasteiger partial charge >= 0.3 is 5.97 Å². The van der Waals surface area contributed by atoms with Crippen molar-refractivity contribution >= 4 is 5.97 Å². The lowest BCUT2D eigenvalue weighted by atomic mass is 9.95. The summed E-state index contributed by atoms with van der Waals surface area (Å²) in [5, 5.41) is 9.79. The number of β-amino-alcohol motifs (C(OH)–C–C–N with tert-alkyl or cyclic N) is 1. The zero-order valence-corrected chi connectivity index (χ0v) is 11.2. The number of carbonyl (C=O) groups excluding carboxylic acids is 1. The second-order valence-electron chi connectivity index (χ2n) is 5.22. The van der Waals surface area contributed by atoms with Crippen LogP contribution in [0.15, 0.2) is 0 Å². The van der Waals surface area contributed by atoms with E-state index >= 15 is 0 Å². The SMILES string of the molecule is CCOC(=O)CC(O)CN1CCC(C(C)C)C1. The highest BCUT2D eigenvalue weighted by molar-refractivity contribution is 5.69. The number of carbonyl (C=O) groups is 1. The highest BCUT2D eigenvalue weighted by Crippen LogP contribution is 2.23. The summed E-state index contributed by atoms with van der Waals surface area (Å²) in [6.07, 6.45) is 0.709. The quantitative estimate of drug-likeness (QED) is 0.714. The highest BCUT2D eigenvalue weighted by atomic mass is 16.5. The molecule has 0 spiro atoms. The Kier molecular flexibility index (Phi) is 5.92. The van der Waals surface area contributed by atoms with E-state index in [9.17, 15) is 9.90 Å². The lowest BCUT2D eigenvalue weighted by Gasteiger charge is -2.20. The normalized spacial score (nSPS) is 23.0. The van der Waals surface area contributed by atoms with Crippen LogP contribution in [0, 0.1) is 11.8 Å². The number of ether oxygens (including phenoxy) is 1. The molecule has 1 fully saturated rings. The molecule has 0 aliphatic carbocycles. The van der Waals surface area contributed by atoms with E-state index in [1.165, 1.54) is 6.42 Å². The Morgan fingerprint density at radius 3 is 2.76 bits per heavy atom. The van der Waals surface area contributed by atoms with E-state index < -0.39 is 6.10 Å². The third kappa shape index (κ3) is 5.04. The predicted molar refractivity (Wildman–Crippen MR) is 66.6 cm³/mol. The molecule has 0 radical (unpaired) electrons. The summed E-state index contributed by atoms with van der Waals surface area (Å²) in [6, 6.07) is 0. The molecule has 1 N–H and O–H groups in total. The molecular formula is C13H25NO3. The summed E-state index contributed by atoms with van der Waals surface area (Å²) in [6.45, 7) is 9.29. The highest BCUT2D eigenvalue weighted by Gasteiger charge is 2.26. The Hall–Kier alpha value is -0.610. The van der Waals surface area contributed by atoms with Crippen molar-refractivity contribution in [2.75, 3.05) is 26.2 Å². The molecule has 0 aromatic heterocycles. The zero-order valence-electron chi connectivity index (χ0n) is 11.2. The van der Waals surface area contributed by atoms with Crippen molar-refractivity contribution in [2.45, 2.75) is 39.7 Å². The van der Waals surface area contributed by atoms with E-state index in [0.29, 0.717) is 19.1 Å². The summed E-state index contributed by atoms with van der Waals surface area (Å²) in [5.41, 5.74) is 0. The molecule has 4 nitrogen and oxygen atoms in total. The maximum absolute atomic E-state index is 11.2. The van der Waals surface area contributed by atoms with Gasteiger partial charge in [-0.1, -0.05) is 13.8 Å². The second kappa shape index (κ2) is 6.97. The average molecular weight is 243 g/mol. The van der Waals surface area contributed by atoms with Gasteiger partial charge in [0, 0.05) is 13.1 Å². The monoisotopic (exact) mass is 243 g/mol. The number of hydrogen-bond donors (Lipinski definition) is 1. The smallest absolute Gasteiger partial charge is 0.308 e. The van der Waals surface area contributed by atoms with Crippen LogP contribution in [-0.2, 0) is 9.53 Å². The Balaban J connectivity index is 2.23. The lowest BCUT2D eigenvalue weighted by Crippen LogP contribution is -2.32. The van der Waals surface area contributed by atoms with Crippen molar-refractivity contribution in [3.05, 3.63) is 0 Å². The van der Waals surface area contributed by atoms with Crippen LogP contribution in [0.2, 0.25) is 0 Å². The molecule has 1 heterocycles. The molecule has 17 heavy (non-hydrogen) atoms. The molecule has 0 aromatic rings. The van der Waals surface area contributed by atoms with Crippen LogP contribution in [0.4, 0.5) is 0 Å². The minimum absolute atomic E-state index is 0.108. The molecule has 4 heteroatoms. The molecule has 100 valence electrons. The first-order chi connectivity index (χ1) is 8.02. The third-order valence-corrected chi connectivity index (χ3v) is 3.43. The summed E-state index contributed by atoms with van der Waals surface area (Å²) < 4.78 is 4.82. The van der Waals surface area contributed by atoms with Gasteiger partial charge in [-0.3, -0.25) is 4.79 Å². The van der Waals surface area contributed by atoms with E-state index in [4.69, 9.17) is 4.74 Å². The molecule has 1 rings (SSSR count). The molecule has 1 aliphatic heterocycles. The van der Waals surface area contributed by atoms with Crippen molar-refractivity contribution in [3.63, 3.8) is 0 Å². The van der Waals surface area contributed by atoms with Gasteiger partial charge in [0.1, 0.15) is 0 Å². The number of likely N-dealkylation sites (tertiary alicyclic amines) is 1. The molecule has 0 amide bonds. The number of rotatable bonds is 6. The Labute approximate surface area is 104 Å². The molecule has 0 bridgehead atoms. The molecule has 2 unspecified atom stereocenters. The molecule has 0 aromatic carbocycles. The first kappa shape index (κ1) is 14.5. The number of esters is 1. The summed E-state index contributed by atoms with van der Waals surface area (Å²) in [5.74, 6) is 1.12. The van der Waals surface area contributed by atoms with E-state index in [1.54, 1.807) is 6.92 Å². The number of aliphatic hydroxyl groups excluding tert-OH is 1. The summed E-state index contributed by atoms with van der Waals surface area (Å²) in [4.78, 5) is 13.4. The minimum atomic E-state index is -0.597. The first-order valence-corrected chi connectivity index (χ1v) is 6.59. The van der Waals surface area contributed by atoms with E-state index in [-0.39, 0.29) is 12.4 Å². The van der Waals surface area contributed by atoms with Crippen molar-refractivity contribution < 1.29 is 14.6 Å². The third-order valence-electron chi connectivity index (χ3n) is 3.43. The first-order valence-electron chi connectivity index (χ1n) is 6.59. The number of aliphatic hydroxyl groups is 1. The van der Waals surface area contributed by atoms with Crippen LogP contribution >= 0.6 is 0 Å². The molecule has 1 saturated heterocycles. The van der Waals surface area contributed by atoms with Crippen LogP contribution in [0.5, 0.6) is 0 Å². The van der Waals surface area contributed by atoms with Gasteiger partial charge in [-0.15, -0.1) is 0 Å². The summed E-state index contributed by atoms with van der Waals surface area (Å²) in [7, 11) is 0. The standard InChI is InChI=1S/C13H25NO3/c1-4-17-13(16)7-12(15)9-14-6-5-11(8-14)10(2)3/h10-12,15H,4-9H2,1-3H3. The number of hydrogen-bond acceptors (Lipinski definition) is 4. The number of nitrogens with zero attached hydrogens (tertiary/aromatic N) is 1. The average Bonchev–Trinajstić information content (AvgIpc) is 2.66. The topological polar surface area (TPSA) is 49.8 Å². The van der Waals surface area contributed by atoms with E-state index in [2.05, 4.69) is 18.7 Å². The molecular weight excluding hydrogens is 218 g/mol. The van der Waals surface area contributed by atoms with Gasteiger partial charge in [0.2, 0.25) is 0 Å². The van der Waals surface area contributed by atoms with Crippen molar-refractivity contribution in [3.8, 4) is 0 Å². The van der Waals surface area contributed by atoms with Gasteiger partial charge in [-0.25, -0.2) is 0 Å². The van der Waals surface area contributed by atoms with E-state index in [1.807, 2.05) is 0 Å². The lowest BCUT2D eigenvalue weighted by molar-refractivity contribution is -0.145. The van der Waals surface area contributed by atoms with Gasteiger partial charge in [0.05, 0.1) is 19.1 Å². The Bertz CT molecular complexity index is 243. The largest absolute Gasteiger partial charge is 0.466 e. The fourth-order valence-corrected chi connectivity index (χ4v) is 2.35. The van der Waals surface area contributed by atoms with Gasteiger partial charge in [0.15, 0.2) is 0 Å². The summed E-state index contributed by atoms with van der Waals surface area (Å²) >= 11 is 0. The van der Waals surface area contributed by atoms with Gasteiger partial charge in [0.25, 0.3) is 0 Å². The van der Waals surface area contributed by atoms with E-state index in [0.717, 1.165) is 19.0 Å². The van der Waals surface area contributed by atoms with Crippen molar-refractivity contribution in [1.29, 1.82) is 0 Å². The van der Waals surface area contributed by atoms with Crippen LogP contribution in [-0.4, -0.2) is 48.3 Å². The van der Waals surface area contributed by atoms with Gasteiger partial charge < -0.3 is 14.7 Å². The maximum Gasteiger partial charge on any atom is 0.308 e. The molecule has 2 atom stereocenters. The fraction of sp³-hybridized carbons (Fsp3) is 0.923. The zero-order chi connectivity index (χ0) is 12.8. The van der Waals surface area contributed by atoms with Crippen molar-refractivity contribution in [2.24, 2.45) is 11.8 Å². The van der Waals surface area contributed by atoms with Crippen LogP contribution in [0.25, 0.3) is 0 Å². The van der Waals surface area contributed by atoms with Crippen LogP contribution < -0.4 is 0 Å². The minimum Gasteiger partial charge on any atom is -0.466 e. The van der Waals surface area contributed by atoms with Crippen molar-refractivity contribution in [1.82, 2.24) is 4.90 Å². The molecule has 0 saturated carbocycles. The molecule has 1 aliphatic rings. The Morgan fingerprint density at radius 1 is 1.53 bits per heavy atom.